The number of aromatic nitrogens is 1. The second kappa shape index (κ2) is 7.80. The van der Waals surface area contributed by atoms with Crippen LogP contribution in [0, 0.1) is 12.1 Å². The van der Waals surface area contributed by atoms with Crippen molar-refractivity contribution >= 4 is 10.8 Å². The molecule has 0 aliphatic heterocycles. The largest absolute Gasteiger partial charge is 2.00 e. The van der Waals surface area contributed by atoms with Gasteiger partial charge in [0.1, 0.15) is 0 Å². The van der Waals surface area contributed by atoms with Gasteiger partial charge >= 0.3 is 21.1 Å². The Morgan fingerprint density at radius 2 is 1.58 bits per heavy atom. The maximum Gasteiger partial charge on any atom is 2.00 e. The van der Waals surface area contributed by atoms with Crippen LogP contribution in [0.2, 0.25) is 0 Å². The molecule has 102 valence electrons. The van der Waals surface area contributed by atoms with Crippen LogP contribution in [-0.4, -0.2) is 4.98 Å². The van der Waals surface area contributed by atoms with E-state index >= 15 is 0 Å². The number of pyridine rings is 1. The molecule has 0 fully saturated rings. The van der Waals surface area contributed by atoms with Gasteiger partial charge < -0.3 is 10.9 Å². The summed E-state index contributed by atoms with van der Waals surface area (Å²) in [4.78, 5) is 4.35. The van der Waals surface area contributed by atoms with E-state index in [0.29, 0.717) is 0 Å². The Morgan fingerprint density at radius 1 is 1.05 bits per heavy atom. The molecule has 0 saturated carbocycles. The molecule has 0 saturated heterocycles. The summed E-state index contributed by atoms with van der Waals surface area (Å²) < 4.78 is 0. The topological polar surface area (TPSA) is 12.9 Å². The van der Waals surface area contributed by atoms with Gasteiger partial charge in [0.15, 0.2) is 0 Å². The van der Waals surface area contributed by atoms with Crippen molar-refractivity contribution in [3.63, 3.8) is 0 Å². The molecule has 0 aliphatic carbocycles. The summed E-state index contributed by atoms with van der Waals surface area (Å²) >= 11 is 0. The molecule has 0 bridgehead atoms. The number of fused-ring (bicyclic) bond motifs is 1. The fourth-order valence-corrected chi connectivity index (χ4v) is 1.41. The van der Waals surface area contributed by atoms with Crippen molar-refractivity contribution in [2.24, 2.45) is 0 Å². The third-order valence-electron chi connectivity index (χ3n) is 2.32. The average molecular weight is 425 g/mol. The Morgan fingerprint density at radius 3 is 2.11 bits per heavy atom. The van der Waals surface area contributed by atoms with E-state index in [-0.39, 0.29) is 26.5 Å². The fraction of sp³-hybridized carbons (Fsp3) is 0.412. The Bertz CT molecular complexity index is 495. The summed E-state index contributed by atoms with van der Waals surface area (Å²) in [7, 11) is 0. The minimum atomic E-state index is 0. The Balaban J connectivity index is 0.000000576. The molecular weight excluding hydrogens is 402 g/mol. The molecule has 0 N–H and O–H groups in total. The molecule has 0 radical (unpaired) electrons. The number of nitrogens with zero attached hydrogens (tertiary/aromatic N) is 1. The summed E-state index contributed by atoms with van der Waals surface area (Å²) in [5, 5.41) is 2.30. The monoisotopic (exact) mass is 425 g/mol. The van der Waals surface area contributed by atoms with Gasteiger partial charge in [0.2, 0.25) is 0 Å². The molecule has 0 atom stereocenters. The van der Waals surface area contributed by atoms with Crippen LogP contribution in [0.25, 0.3) is 10.8 Å². The SMILES string of the molecule is CC(C)(C)c1cc2ccccc2[c-]n1.C[C-](C)C.[W+2]. The van der Waals surface area contributed by atoms with Crippen LogP contribution in [0.3, 0.4) is 0 Å². The summed E-state index contributed by atoms with van der Waals surface area (Å²) in [6, 6.07) is 10.3. The van der Waals surface area contributed by atoms with Crippen LogP contribution < -0.4 is 0 Å². The number of benzene rings is 1. The van der Waals surface area contributed by atoms with Crippen LogP contribution in [0.15, 0.2) is 30.3 Å². The second-order valence-electron chi connectivity index (χ2n) is 6.09. The van der Waals surface area contributed by atoms with Gasteiger partial charge in [-0.2, -0.15) is 20.8 Å². The van der Waals surface area contributed by atoms with Crippen molar-refractivity contribution in [3.05, 3.63) is 48.1 Å². The molecule has 1 aromatic carbocycles. The van der Waals surface area contributed by atoms with E-state index < -0.39 is 0 Å². The van der Waals surface area contributed by atoms with Crippen LogP contribution >= 0.6 is 0 Å². The van der Waals surface area contributed by atoms with E-state index in [1.165, 1.54) is 11.3 Å². The summed E-state index contributed by atoms with van der Waals surface area (Å²) in [6.07, 6.45) is 3.08. The van der Waals surface area contributed by atoms with Gasteiger partial charge in [-0.3, -0.25) is 0 Å². The van der Waals surface area contributed by atoms with Gasteiger partial charge in [0.05, 0.1) is 0 Å². The Kier molecular flexibility index (Phi) is 7.52. The first-order valence-electron chi connectivity index (χ1n) is 6.35. The van der Waals surface area contributed by atoms with Gasteiger partial charge in [0, 0.05) is 0 Å². The number of hydrogen-bond donors (Lipinski definition) is 0. The first-order chi connectivity index (χ1) is 8.30. The molecule has 19 heavy (non-hydrogen) atoms. The predicted octanol–water partition coefficient (Wildman–Crippen LogP) is 4.95. The predicted molar refractivity (Wildman–Crippen MR) is 79.5 cm³/mol. The molecule has 1 aromatic heterocycles. The van der Waals surface area contributed by atoms with Crippen molar-refractivity contribution < 1.29 is 21.1 Å². The normalized spacial score (nSPS) is 10.7. The van der Waals surface area contributed by atoms with E-state index in [1.807, 2.05) is 18.2 Å². The van der Waals surface area contributed by atoms with Gasteiger partial charge in [-0.05, 0) is 17.3 Å². The van der Waals surface area contributed by atoms with Gasteiger partial charge in [-0.15, -0.1) is 29.0 Å². The molecule has 2 aromatic rings. The van der Waals surface area contributed by atoms with Gasteiger partial charge in [-0.1, -0.05) is 32.9 Å². The van der Waals surface area contributed by atoms with E-state index in [4.69, 9.17) is 0 Å². The number of hydrogen-bond acceptors (Lipinski definition) is 1. The molecule has 1 heterocycles. The smallest absolute Gasteiger partial charge is 0.356 e. The summed E-state index contributed by atoms with van der Waals surface area (Å²) in [6.45, 7) is 12.7. The third-order valence-corrected chi connectivity index (χ3v) is 2.32. The first-order valence-corrected chi connectivity index (χ1v) is 6.35. The van der Waals surface area contributed by atoms with Crippen LogP contribution in [0.4, 0.5) is 0 Å². The second-order valence-corrected chi connectivity index (χ2v) is 6.09. The van der Waals surface area contributed by atoms with Gasteiger partial charge in [-0.25, -0.2) is 0 Å². The van der Waals surface area contributed by atoms with E-state index in [0.717, 1.165) is 11.1 Å². The van der Waals surface area contributed by atoms with Crippen molar-refractivity contribution in [3.8, 4) is 0 Å². The average Bonchev–Trinajstić information content (AvgIpc) is 2.26. The van der Waals surface area contributed by atoms with Crippen LogP contribution in [0.5, 0.6) is 0 Å². The first kappa shape index (κ1) is 18.3. The fourth-order valence-electron chi connectivity index (χ4n) is 1.41. The molecule has 0 amide bonds. The molecule has 2 heteroatoms. The summed E-state index contributed by atoms with van der Waals surface area (Å²) in [5.41, 5.74) is 1.19. The molecule has 0 unspecified atom stereocenters. The molecule has 2 rings (SSSR count). The standard InChI is InChI=1S/C13H14N.C4H9.W/c1-13(2,3)12-8-10-6-4-5-7-11(10)9-14-12;1-4(2)3;/h4-8H,1-3H3;1-3H3;/q2*-1;+2. The molecule has 1 nitrogen and oxygen atoms in total. The Labute approximate surface area is 132 Å². The molecule has 0 aliphatic rings. The van der Waals surface area contributed by atoms with Crippen molar-refractivity contribution in [2.75, 3.05) is 0 Å². The van der Waals surface area contributed by atoms with Crippen LogP contribution in [-0.2, 0) is 26.5 Å². The van der Waals surface area contributed by atoms with Crippen molar-refractivity contribution in [1.29, 1.82) is 0 Å². The minimum Gasteiger partial charge on any atom is -0.356 e. The molecular formula is C17H23NW. The Hall–Kier alpha value is -0.682. The maximum absolute atomic E-state index is 4.35. The van der Waals surface area contributed by atoms with Crippen molar-refractivity contribution in [2.45, 2.75) is 47.0 Å². The zero-order valence-corrected chi connectivity index (χ0v) is 15.7. The van der Waals surface area contributed by atoms with Crippen molar-refractivity contribution in [1.82, 2.24) is 4.98 Å². The zero-order valence-electron chi connectivity index (χ0n) is 12.7. The summed E-state index contributed by atoms with van der Waals surface area (Å²) in [5.74, 6) is 1.42. The number of rotatable bonds is 0. The van der Waals surface area contributed by atoms with E-state index in [2.05, 4.69) is 64.9 Å². The minimum absolute atomic E-state index is 0. The van der Waals surface area contributed by atoms with Gasteiger partial charge in [0.25, 0.3) is 0 Å². The van der Waals surface area contributed by atoms with E-state index in [9.17, 15) is 0 Å². The molecule has 0 spiro atoms. The van der Waals surface area contributed by atoms with E-state index in [1.54, 1.807) is 0 Å². The zero-order chi connectivity index (χ0) is 13.8. The van der Waals surface area contributed by atoms with Crippen LogP contribution in [0.1, 0.15) is 47.2 Å². The third kappa shape index (κ3) is 6.34. The maximum atomic E-state index is 4.35. The quantitative estimate of drug-likeness (QED) is 0.545.